The van der Waals surface area contributed by atoms with E-state index in [1.165, 1.54) is 111 Å². The average molecular weight is 754 g/mol. The van der Waals surface area contributed by atoms with Crippen molar-refractivity contribution in [3.8, 4) is 33.4 Å². The summed E-state index contributed by atoms with van der Waals surface area (Å²) in [4.78, 5) is 2.66. The minimum atomic E-state index is -0.0948. The summed E-state index contributed by atoms with van der Waals surface area (Å²) >= 11 is 0. The van der Waals surface area contributed by atoms with Crippen LogP contribution in [0.1, 0.15) is 113 Å². The monoisotopic (exact) mass is 753 g/mol. The minimum Gasteiger partial charge on any atom is -0.310 e. The number of rotatable bonds is 4. The molecule has 13 rings (SSSR count). The van der Waals surface area contributed by atoms with Gasteiger partial charge >= 0.3 is 0 Å². The van der Waals surface area contributed by atoms with Gasteiger partial charge in [0.2, 0.25) is 0 Å². The van der Waals surface area contributed by atoms with E-state index < -0.39 is 0 Å². The third kappa shape index (κ3) is 3.87. The average Bonchev–Trinajstić information content (AvgIpc) is 3.92. The highest BCUT2D eigenvalue weighted by Gasteiger charge is 2.84. The molecule has 2 spiro atoms. The Bertz CT molecular complexity index is 2760. The lowest BCUT2D eigenvalue weighted by Gasteiger charge is -2.76. The van der Waals surface area contributed by atoms with Gasteiger partial charge in [0.1, 0.15) is 0 Å². The van der Waals surface area contributed by atoms with Crippen LogP contribution in [0.2, 0.25) is 0 Å². The maximum atomic E-state index is 2.66. The first-order valence-corrected chi connectivity index (χ1v) is 22.5. The molecule has 1 nitrogen and oxygen atoms in total. The Hall–Kier alpha value is -4.88. The van der Waals surface area contributed by atoms with Crippen molar-refractivity contribution in [2.24, 2.45) is 29.1 Å². The van der Waals surface area contributed by atoms with E-state index in [9.17, 15) is 0 Å². The maximum absolute atomic E-state index is 2.66. The highest BCUT2D eigenvalue weighted by Crippen LogP contribution is 2.90. The van der Waals surface area contributed by atoms with Gasteiger partial charge in [-0.05, 0) is 170 Å². The molecular weight excluding hydrogens is 699 g/mol. The molecule has 6 aromatic carbocycles. The Balaban J connectivity index is 1.09. The molecule has 0 saturated heterocycles. The molecule has 6 atom stereocenters. The lowest BCUT2D eigenvalue weighted by atomic mass is 9.27. The number of hydrogen-bond acceptors (Lipinski definition) is 1. The summed E-state index contributed by atoms with van der Waals surface area (Å²) in [6, 6.07) is 50.3. The van der Waals surface area contributed by atoms with Crippen molar-refractivity contribution in [1.29, 1.82) is 0 Å². The first-order chi connectivity index (χ1) is 28.0. The Morgan fingerprint density at radius 1 is 0.483 bits per heavy atom. The van der Waals surface area contributed by atoms with E-state index in [0.29, 0.717) is 5.41 Å². The molecular formula is C57H55N. The van der Waals surface area contributed by atoms with E-state index in [2.05, 4.69) is 174 Å². The van der Waals surface area contributed by atoms with Crippen molar-refractivity contribution >= 4 is 17.1 Å². The standard InChI is InChI=1S/C57H55N/c1-53(2)26-27-54(3,4)47-32-38(21-23-44(47)53)58(37-20-22-40-39-16-10-12-18-42(39)55(5,6)46(40)31-37)48-25-24-45-52(51(48)35-14-8-7-9-15-35)41-17-11-13-19-43(41)57(45)49-29-34-28-36-30-50(57)56(36,49)33-34/h7-25,31-32,34,36,49-50H,26-30,33H2,1-6H3. The molecule has 7 aliphatic carbocycles. The Kier molecular flexibility index (Phi) is 6.36. The van der Waals surface area contributed by atoms with E-state index in [0.717, 1.165) is 23.7 Å². The molecule has 58 heavy (non-hydrogen) atoms. The molecule has 0 heterocycles. The molecule has 6 unspecified atom stereocenters. The topological polar surface area (TPSA) is 3.24 Å². The van der Waals surface area contributed by atoms with Gasteiger partial charge in [0, 0.05) is 27.8 Å². The van der Waals surface area contributed by atoms with Gasteiger partial charge in [0.05, 0.1) is 5.69 Å². The van der Waals surface area contributed by atoms with E-state index in [1.54, 1.807) is 11.1 Å². The first kappa shape index (κ1) is 34.0. The number of fused-ring (bicyclic) bond motifs is 12. The Morgan fingerprint density at radius 2 is 1.10 bits per heavy atom. The molecule has 0 radical (unpaired) electrons. The van der Waals surface area contributed by atoms with Gasteiger partial charge in [0.15, 0.2) is 0 Å². The molecule has 0 aliphatic heterocycles. The van der Waals surface area contributed by atoms with E-state index in [1.807, 2.05) is 0 Å². The lowest BCUT2D eigenvalue weighted by molar-refractivity contribution is -0.231. The van der Waals surface area contributed by atoms with Gasteiger partial charge in [-0.15, -0.1) is 0 Å². The van der Waals surface area contributed by atoms with Crippen molar-refractivity contribution in [2.75, 3.05) is 4.90 Å². The Morgan fingerprint density at radius 3 is 1.88 bits per heavy atom. The number of hydrogen-bond donors (Lipinski definition) is 0. The summed E-state index contributed by atoms with van der Waals surface area (Å²) in [6.45, 7) is 14.7. The SMILES string of the molecule is CC1(C)CCC(C)(C)c2cc(N(c3ccc4c(c3)C(C)(C)c3ccccc3-4)c3ccc4c(c3-c3ccccc3)-c3ccccc3C43C4CC5CC6CC3C64C5)ccc21. The van der Waals surface area contributed by atoms with Crippen molar-refractivity contribution in [2.45, 2.75) is 102 Å². The van der Waals surface area contributed by atoms with Gasteiger partial charge in [-0.1, -0.05) is 139 Å². The molecule has 7 aliphatic rings. The van der Waals surface area contributed by atoms with Crippen LogP contribution < -0.4 is 4.90 Å². The van der Waals surface area contributed by atoms with Crippen LogP contribution in [0.3, 0.4) is 0 Å². The number of nitrogens with zero attached hydrogens (tertiary/aromatic N) is 1. The number of anilines is 3. The Labute approximate surface area is 345 Å². The zero-order valence-corrected chi connectivity index (χ0v) is 35.1. The fourth-order valence-electron chi connectivity index (χ4n) is 15.5. The molecule has 6 aromatic rings. The molecule has 4 fully saturated rings. The minimum absolute atomic E-state index is 0.0948. The highest BCUT2D eigenvalue weighted by molar-refractivity contribution is 6.02. The molecule has 1 heteroatoms. The van der Waals surface area contributed by atoms with Crippen LogP contribution in [0.4, 0.5) is 17.1 Å². The second-order valence-corrected chi connectivity index (χ2v) is 21.6. The first-order valence-electron chi connectivity index (χ1n) is 22.5. The third-order valence-corrected chi connectivity index (χ3v) is 18.0. The fourth-order valence-corrected chi connectivity index (χ4v) is 15.5. The summed E-state index contributed by atoms with van der Waals surface area (Å²) in [5.41, 5.74) is 22.2. The van der Waals surface area contributed by atoms with E-state index in [-0.39, 0.29) is 21.7 Å². The van der Waals surface area contributed by atoms with Crippen molar-refractivity contribution in [1.82, 2.24) is 0 Å². The zero-order chi connectivity index (χ0) is 39.1. The molecule has 288 valence electrons. The van der Waals surface area contributed by atoms with Crippen LogP contribution >= 0.6 is 0 Å². The van der Waals surface area contributed by atoms with Gasteiger partial charge < -0.3 is 4.90 Å². The summed E-state index contributed by atoms with van der Waals surface area (Å²) < 4.78 is 0. The lowest BCUT2D eigenvalue weighted by Crippen LogP contribution is -2.73. The summed E-state index contributed by atoms with van der Waals surface area (Å²) in [5, 5.41) is 0. The van der Waals surface area contributed by atoms with Crippen LogP contribution in [-0.2, 0) is 21.7 Å². The van der Waals surface area contributed by atoms with Gasteiger partial charge in [-0.3, -0.25) is 0 Å². The van der Waals surface area contributed by atoms with Gasteiger partial charge in [-0.25, -0.2) is 0 Å². The maximum Gasteiger partial charge on any atom is 0.0546 e. The predicted octanol–water partition coefficient (Wildman–Crippen LogP) is 14.8. The highest BCUT2D eigenvalue weighted by atomic mass is 15.1. The largest absolute Gasteiger partial charge is 0.310 e. The zero-order valence-electron chi connectivity index (χ0n) is 35.1. The van der Waals surface area contributed by atoms with Crippen molar-refractivity contribution in [3.05, 3.63) is 161 Å². The molecule has 0 aromatic heterocycles. The second kappa shape index (κ2) is 10.8. The van der Waals surface area contributed by atoms with Crippen LogP contribution in [-0.4, -0.2) is 0 Å². The smallest absolute Gasteiger partial charge is 0.0546 e. The van der Waals surface area contributed by atoms with E-state index in [4.69, 9.17) is 0 Å². The van der Waals surface area contributed by atoms with Crippen LogP contribution in [0.25, 0.3) is 33.4 Å². The quantitative estimate of drug-likeness (QED) is 0.173. The van der Waals surface area contributed by atoms with Crippen LogP contribution in [0.5, 0.6) is 0 Å². The summed E-state index contributed by atoms with van der Waals surface area (Å²) in [5.74, 6) is 3.47. The van der Waals surface area contributed by atoms with Gasteiger partial charge in [-0.2, -0.15) is 0 Å². The van der Waals surface area contributed by atoms with Crippen molar-refractivity contribution < 1.29 is 0 Å². The normalized spacial score (nSPS) is 29.7. The fraction of sp³-hybridized carbons (Fsp3) is 0.368. The summed E-state index contributed by atoms with van der Waals surface area (Å²) in [6.07, 6.45) is 8.24. The molecule has 4 saturated carbocycles. The van der Waals surface area contributed by atoms with Gasteiger partial charge in [0.25, 0.3) is 0 Å². The van der Waals surface area contributed by atoms with Crippen LogP contribution in [0.15, 0.2) is 127 Å². The predicted molar refractivity (Wildman–Crippen MR) is 240 cm³/mol. The molecule has 2 bridgehead atoms. The molecule has 0 amide bonds. The van der Waals surface area contributed by atoms with Crippen molar-refractivity contribution in [3.63, 3.8) is 0 Å². The number of benzene rings is 6. The van der Waals surface area contributed by atoms with Crippen LogP contribution in [0, 0.1) is 29.1 Å². The van der Waals surface area contributed by atoms with E-state index >= 15 is 0 Å². The summed E-state index contributed by atoms with van der Waals surface area (Å²) in [7, 11) is 0. The molecule has 0 N–H and O–H groups in total. The third-order valence-electron chi connectivity index (χ3n) is 18.0. The second-order valence-electron chi connectivity index (χ2n) is 21.6.